The van der Waals surface area contributed by atoms with Crippen molar-refractivity contribution >= 4 is 10.8 Å². The first-order valence-corrected chi connectivity index (χ1v) is 10.7. The van der Waals surface area contributed by atoms with Crippen molar-refractivity contribution in [3.63, 3.8) is 0 Å². The van der Waals surface area contributed by atoms with Crippen molar-refractivity contribution in [3.8, 4) is 5.75 Å². The Balaban J connectivity index is 1.38. The van der Waals surface area contributed by atoms with Gasteiger partial charge in [0.15, 0.2) is 0 Å². The quantitative estimate of drug-likeness (QED) is 0.553. The summed E-state index contributed by atoms with van der Waals surface area (Å²) in [6, 6.07) is 5.67. The Morgan fingerprint density at radius 2 is 1.75 bits per heavy atom. The molecule has 1 aliphatic rings. The van der Waals surface area contributed by atoms with Crippen LogP contribution in [-0.2, 0) is 18.6 Å². The molecule has 1 aliphatic carbocycles. The van der Waals surface area contributed by atoms with Gasteiger partial charge in [0, 0.05) is 53.6 Å². The molecule has 7 heteroatoms. The number of ether oxygens (including phenoxy) is 1. The van der Waals surface area contributed by atoms with Crippen LogP contribution in [0.15, 0.2) is 36.7 Å². The molecule has 170 valence electrons. The van der Waals surface area contributed by atoms with Crippen LogP contribution in [-0.4, -0.2) is 22.2 Å². The SMILES string of the molecule is CC(C)(C)c1c(F)cc(O[C@H]2C[C@H](NCc3c(F)cc(CO)c4cnccc34)C2)cc1F. The monoisotopic (exact) mass is 444 g/mol. The summed E-state index contributed by atoms with van der Waals surface area (Å²) in [4.78, 5) is 4.07. The standard InChI is InChI=1S/C25H27F3N2O2/c1-25(2,3)24-22(27)9-17(10-23(24)28)32-16-7-15(8-16)30-12-20-18-4-5-29-11-19(18)14(13-31)6-21(20)26/h4-6,9-11,15-16,30-31H,7-8,12-13H2,1-3H3/t15-,16-. The summed E-state index contributed by atoms with van der Waals surface area (Å²) in [5, 5.41) is 14.3. The molecule has 0 bridgehead atoms. The number of halogens is 3. The van der Waals surface area contributed by atoms with Gasteiger partial charge in [-0.05, 0) is 41.3 Å². The van der Waals surface area contributed by atoms with E-state index in [0.717, 1.165) is 5.39 Å². The van der Waals surface area contributed by atoms with Gasteiger partial charge in [0.05, 0.1) is 6.61 Å². The number of hydrogen-bond acceptors (Lipinski definition) is 4. The molecule has 3 aromatic rings. The van der Waals surface area contributed by atoms with Gasteiger partial charge in [-0.2, -0.15) is 0 Å². The average molecular weight is 444 g/mol. The molecule has 0 unspecified atom stereocenters. The van der Waals surface area contributed by atoms with Gasteiger partial charge in [-0.15, -0.1) is 0 Å². The molecule has 2 aromatic carbocycles. The second-order valence-corrected chi connectivity index (χ2v) is 9.38. The Bertz CT molecular complexity index is 1110. The summed E-state index contributed by atoms with van der Waals surface area (Å²) in [7, 11) is 0. The smallest absolute Gasteiger partial charge is 0.133 e. The number of fused-ring (bicyclic) bond motifs is 1. The highest BCUT2D eigenvalue weighted by molar-refractivity contribution is 5.88. The fraction of sp³-hybridized carbons (Fsp3) is 0.400. The number of pyridine rings is 1. The zero-order valence-corrected chi connectivity index (χ0v) is 18.4. The molecule has 4 nitrogen and oxygen atoms in total. The van der Waals surface area contributed by atoms with E-state index in [0.29, 0.717) is 35.9 Å². The third kappa shape index (κ3) is 4.45. The Kier molecular flexibility index (Phi) is 6.14. The Hall–Kier alpha value is -2.64. The van der Waals surface area contributed by atoms with Crippen molar-refractivity contribution < 1.29 is 23.0 Å². The zero-order chi connectivity index (χ0) is 23.0. The van der Waals surface area contributed by atoms with Gasteiger partial charge in [0.2, 0.25) is 0 Å². The van der Waals surface area contributed by atoms with Gasteiger partial charge in [-0.3, -0.25) is 4.98 Å². The van der Waals surface area contributed by atoms with Crippen LogP contribution in [0.2, 0.25) is 0 Å². The number of aliphatic hydroxyl groups excluding tert-OH is 1. The molecule has 0 radical (unpaired) electrons. The van der Waals surface area contributed by atoms with E-state index in [-0.39, 0.29) is 35.9 Å². The molecule has 2 N–H and O–H groups in total. The molecule has 32 heavy (non-hydrogen) atoms. The number of rotatable bonds is 6. The molecule has 0 saturated heterocycles. The van der Waals surface area contributed by atoms with E-state index in [9.17, 15) is 18.3 Å². The Labute approximate surface area is 185 Å². The van der Waals surface area contributed by atoms with Crippen molar-refractivity contribution in [1.29, 1.82) is 0 Å². The molecule has 0 amide bonds. The molecule has 0 atom stereocenters. The maximum absolute atomic E-state index is 14.6. The molecule has 1 aromatic heterocycles. The molecule has 0 aliphatic heterocycles. The van der Waals surface area contributed by atoms with E-state index in [1.54, 1.807) is 39.2 Å². The fourth-order valence-electron chi connectivity index (χ4n) is 4.27. The maximum atomic E-state index is 14.6. The first kappa shape index (κ1) is 22.6. The summed E-state index contributed by atoms with van der Waals surface area (Å²) in [5.74, 6) is -1.41. The number of aliphatic hydroxyl groups is 1. The van der Waals surface area contributed by atoms with Crippen molar-refractivity contribution in [1.82, 2.24) is 10.3 Å². The first-order valence-electron chi connectivity index (χ1n) is 10.7. The Morgan fingerprint density at radius 3 is 2.38 bits per heavy atom. The minimum Gasteiger partial charge on any atom is -0.490 e. The Morgan fingerprint density at radius 1 is 1.06 bits per heavy atom. The van der Waals surface area contributed by atoms with E-state index >= 15 is 0 Å². The highest BCUT2D eigenvalue weighted by Gasteiger charge is 2.32. The van der Waals surface area contributed by atoms with E-state index < -0.39 is 17.0 Å². The van der Waals surface area contributed by atoms with E-state index in [1.807, 2.05) is 0 Å². The van der Waals surface area contributed by atoms with Gasteiger partial charge >= 0.3 is 0 Å². The average Bonchev–Trinajstić information content (AvgIpc) is 2.68. The number of nitrogens with zero attached hydrogens (tertiary/aromatic N) is 1. The van der Waals surface area contributed by atoms with Crippen LogP contribution >= 0.6 is 0 Å². The molecule has 1 fully saturated rings. The van der Waals surface area contributed by atoms with E-state index in [2.05, 4.69) is 10.3 Å². The van der Waals surface area contributed by atoms with Crippen molar-refractivity contribution in [2.45, 2.75) is 64.3 Å². The third-order valence-electron chi connectivity index (χ3n) is 5.98. The van der Waals surface area contributed by atoms with Crippen LogP contribution in [0.5, 0.6) is 5.75 Å². The topological polar surface area (TPSA) is 54.4 Å². The molecular formula is C25H27F3N2O2. The molecule has 0 spiro atoms. The summed E-state index contributed by atoms with van der Waals surface area (Å²) >= 11 is 0. The molecular weight excluding hydrogens is 417 g/mol. The number of nitrogens with one attached hydrogen (secondary N) is 1. The summed E-state index contributed by atoms with van der Waals surface area (Å²) in [6.07, 6.45) is 4.37. The number of aromatic nitrogens is 1. The van der Waals surface area contributed by atoms with Gasteiger partial charge in [0.1, 0.15) is 29.3 Å². The van der Waals surface area contributed by atoms with Gasteiger partial charge < -0.3 is 15.2 Å². The van der Waals surface area contributed by atoms with Gasteiger partial charge in [-0.25, -0.2) is 13.2 Å². The van der Waals surface area contributed by atoms with Crippen LogP contribution in [0.1, 0.15) is 50.3 Å². The third-order valence-corrected chi connectivity index (χ3v) is 5.98. The highest BCUT2D eigenvalue weighted by Crippen LogP contribution is 2.33. The maximum Gasteiger partial charge on any atom is 0.133 e. The van der Waals surface area contributed by atoms with Crippen LogP contribution in [0.3, 0.4) is 0 Å². The largest absolute Gasteiger partial charge is 0.490 e. The number of hydrogen-bond donors (Lipinski definition) is 2. The first-order chi connectivity index (χ1) is 15.2. The fourth-order valence-corrected chi connectivity index (χ4v) is 4.27. The predicted molar refractivity (Wildman–Crippen MR) is 117 cm³/mol. The lowest BCUT2D eigenvalue weighted by Crippen LogP contribution is -2.46. The summed E-state index contributed by atoms with van der Waals surface area (Å²) in [5.41, 5.74) is 0.437. The lowest BCUT2D eigenvalue weighted by atomic mass is 9.86. The molecule has 1 heterocycles. The van der Waals surface area contributed by atoms with Gasteiger partial charge in [0.25, 0.3) is 0 Å². The van der Waals surface area contributed by atoms with E-state index in [4.69, 9.17) is 4.74 Å². The van der Waals surface area contributed by atoms with Crippen molar-refractivity contribution in [2.75, 3.05) is 0 Å². The summed E-state index contributed by atoms with van der Waals surface area (Å²) in [6.45, 7) is 5.34. The zero-order valence-electron chi connectivity index (χ0n) is 18.4. The lowest BCUT2D eigenvalue weighted by molar-refractivity contribution is 0.0835. The van der Waals surface area contributed by atoms with E-state index in [1.165, 1.54) is 18.2 Å². The second-order valence-electron chi connectivity index (χ2n) is 9.38. The van der Waals surface area contributed by atoms with Crippen molar-refractivity contribution in [2.24, 2.45) is 0 Å². The van der Waals surface area contributed by atoms with Crippen molar-refractivity contribution in [3.05, 3.63) is 70.8 Å². The summed E-state index contributed by atoms with van der Waals surface area (Å²) < 4.78 is 49.2. The van der Waals surface area contributed by atoms with Crippen LogP contribution in [0, 0.1) is 17.5 Å². The predicted octanol–water partition coefficient (Wildman–Crippen LogP) is 5.14. The van der Waals surface area contributed by atoms with Gasteiger partial charge in [-0.1, -0.05) is 20.8 Å². The molecule has 4 rings (SSSR count). The number of benzene rings is 2. The molecule has 1 saturated carbocycles. The van der Waals surface area contributed by atoms with Crippen LogP contribution in [0.4, 0.5) is 13.2 Å². The highest BCUT2D eigenvalue weighted by atomic mass is 19.1. The van der Waals surface area contributed by atoms with Crippen LogP contribution in [0.25, 0.3) is 10.8 Å². The minimum atomic E-state index is -0.636. The normalized spacial score (nSPS) is 18.6. The minimum absolute atomic E-state index is 0.0506. The van der Waals surface area contributed by atoms with Crippen LogP contribution < -0.4 is 10.1 Å². The lowest BCUT2D eigenvalue weighted by Gasteiger charge is -2.36. The second kappa shape index (κ2) is 8.71.